The van der Waals surface area contributed by atoms with Crippen LogP contribution in [0.1, 0.15) is 220 Å². The monoisotopic (exact) mass is 623 g/mol. The SMILES string of the molecule is CCCCCCCCCCCCCCC(CC)COC(=O)CCC(=O)OCC(CC)CCCCCCCCCCCCCC. The third-order valence-electron chi connectivity index (χ3n) is 9.58. The molecule has 0 aliphatic heterocycles. The van der Waals surface area contributed by atoms with Crippen molar-refractivity contribution in [3.05, 3.63) is 0 Å². The number of hydrogen-bond donors (Lipinski definition) is 0. The van der Waals surface area contributed by atoms with Crippen LogP contribution in [0.5, 0.6) is 0 Å². The quantitative estimate of drug-likeness (QED) is 0.0521. The molecule has 0 aromatic rings. The molecule has 2 unspecified atom stereocenters. The maximum Gasteiger partial charge on any atom is 0.306 e. The van der Waals surface area contributed by atoms with Gasteiger partial charge in [-0.3, -0.25) is 9.59 Å². The first kappa shape index (κ1) is 42.9. The highest BCUT2D eigenvalue weighted by Gasteiger charge is 2.14. The van der Waals surface area contributed by atoms with E-state index in [2.05, 4.69) is 27.7 Å². The summed E-state index contributed by atoms with van der Waals surface area (Å²) in [6.45, 7) is 9.88. The van der Waals surface area contributed by atoms with E-state index in [1.54, 1.807) is 0 Å². The fourth-order valence-electron chi connectivity index (χ4n) is 6.13. The molecule has 0 aliphatic rings. The number of ether oxygens (including phenoxy) is 2. The van der Waals surface area contributed by atoms with Gasteiger partial charge in [0.25, 0.3) is 0 Å². The van der Waals surface area contributed by atoms with Crippen LogP contribution in [0.4, 0.5) is 0 Å². The number of carbonyl (C=O) groups is 2. The maximum atomic E-state index is 12.2. The van der Waals surface area contributed by atoms with E-state index >= 15 is 0 Å². The van der Waals surface area contributed by atoms with E-state index < -0.39 is 0 Å². The van der Waals surface area contributed by atoms with Crippen molar-refractivity contribution in [2.75, 3.05) is 13.2 Å². The Labute approximate surface area is 276 Å². The van der Waals surface area contributed by atoms with Crippen LogP contribution < -0.4 is 0 Å². The molecule has 0 fully saturated rings. The van der Waals surface area contributed by atoms with Crippen molar-refractivity contribution in [2.24, 2.45) is 11.8 Å². The Kier molecular flexibility index (Phi) is 34.0. The average molecular weight is 623 g/mol. The lowest BCUT2D eigenvalue weighted by atomic mass is 9.98. The fraction of sp³-hybridized carbons (Fsp3) is 0.950. The lowest BCUT2D eigenvalue weighted by Gasteiger charge is -2.16. The normalized spacial score (nSPS) is 12.7. The van der Waals surface area contributed by atoms with Crippen molar-refractivity contribution >= 4 is 11.9 Å². The molecule has 0 heterocycles. The van der Waals surface area contributed by atoms with Crippen molar-refractivity contribution in [3.63, 3.8) is 0 Å². The van der Waals surface area contributed by atoms with Gasteiger partial charge in [0.2, 0.25) is 0 Å². The molecule has 0 amide bonds. The third-order valence-corrected chi connectivity index (χ3v) is 9.58. The Morgan fingerprint density at radius 3 is 0.886 bits per heavy atom. The molecule has 44 heavy (non-hydrogen) atoms. The molecule has 0 aromatic heterocycles. The van der Waals surface area contributed by atoms with Gasteiger partial charge in [-0.2, -0.15) is 0 Å². The number of rotatable bonds is 35. The van der Waals surface area contributed by atoms with Crippen LogP contribution in [-0.2, 0) is 19.1 Å². The first-order valence-corrected chi connectivity index (χ1v) is 19.9. The zero-order valence-electron chi connectivity index (χ0n) is 30.4. The van der Waals surface area contributed by atoms with Crippen LogP contribution in [0.2, 0.25) is 0 Å². The largest absolute Gasteiger partial charge is 0.465 e. The topological polar surface area (TPSA) is 52.6 Å². The summed E-state index contributed by atoms with van der Waals surface area (Å²) in [5, 5.41) is 0. The second kappa shape index (κ2) is 34.8. The molecular formula is C40H78O4. The lowest BCUT2D eigenvalue weighted by Crippen LogP contribution is -2.17. The molecule has 0 saturated carbocycles. The first-order chi connectivity index (χ1) is 21.6. The number of unbranched alkanes of at least 4 members (excludes halogenated alkanes) is 22. The van der Waals surface area contributed by atoms with E-state index in [4.69, 9.17) is 9.47 Å². The van der Waals surface area contributed by atoms with E-state index in [1.165, 1.54) is 154 Å². The van der Waals surface area contributed by atoms with Crippen molar-refractivity contribution in [3.8, 4) is 0 Å². The molecular weight excluding hydrogens is 544 g/mol. The predicted octanol–water partition coefficient (Wildman–Crippen LogP) is 13.1. The van der Waals surface area contributed by atoms with Crippen LogP contribution in [0.25, 0.3) is 0 Å². The van der Waals surface area contributed by atoms with Gasteiger partial charge in [0, 0.05) is 0 Å². The molecule has 0 N–H and O–H groups in total. The van der Waals surface area contributed by atoms with Crippen molar-refractivity contribution < 1.29 is 19.1 Å². The van der Waals surface area contributed by atoms with Gasteiger partial charge in [-0.15, -0.1) is 0 Å². The molecule has 4 nitrogen and oxygen atoms in total. The van der Waals surface area contributed by atoms with E-state index in [0.717, 1.165) is 25.7 Å². The summed E-state index contributed by atoms with van der Waals surface area (Å²) in [5.74, 6) is 0.330. The van der Waals surface area contributed by atoms with Crippen LogP contribution in [0.15, 0.2) is 0 Å². The van der Waals surface area contributed by atoms with Gasteiger partial charge in [-0.1, -0.05) is 195 Å². The fourth-order valence-corrected chi connectivity index (χ4v) is 6.13. The molecule has 2 atom stereocenters. The zero-order valence-corrected chi connectivity index (χ0v) is 30.4. The smallest absolute Gasteiger partial charge is 0.306 e. The van der Waals surface area contributed by atoms with E-state index in [1.807, 2.05) is 0 Å². The summed E-state index contributed by atoms with van der Waals surface area (Å²) in [4.78, 5) is 24.5. The summed E-state index contributed by atoms with van der Waals surface area (Å²) in [6.07, 6.45) is 37.2. The molecule has 262 valence electrons. The first-order valence-electron chi connectivity index (χ1n) is 19.9. The Balaban J connectivity index is 3.71. The Hall–Kier alpha value is -1.06. The Morgan fingerprint density at radius 1 is 0.386 bits per heavy atom. The second-order valence-electron chi connectivity index (χ2n) is 13.8. The number of hydrogen-bond acceptors (Lipinski definition) is 4. The highest BCUT2D eigenvalue weighted by Crippen LogP contribution is 2.19. The predicted molar refractivity (Wildman–Crippen MR) is 190 cm³/mol. The van der Waals surface area contributed by atoms with Gasteiger partial charge >= 0.3 is 11.9 Å². The summed E-state index contributed by atoms with van der Waals surface area (Å²) in [7, 11) is 0. The van der Waals surface area contributed by atoms with E-state index in [0.29, 0.717) is 25.0 Å². The molecule has 0 saturated heterocycles. The maximum absolute atomic E-state index is 12.2. The third kappa shape index (κ3) is 30.9. The standard InChI is InChI=1S/C40H78O4/c1-5-9-11-13-15-17-19-21-23-25-27-29-31-37(7-3)35-43-39(41)33-34-40(42)44-36-38(8-4)32-30-28-26-24-22-20-18-16-14-12-10-6-2/h37-38H,5-36H2,1-4H3. The molecule has 0 spiro atoms. The van der Waals surface area contributed by atoms with Crippen LogP contribution >= 0.6 is 0 Å². The molecule has 0 rings (SSSR count). The summed E-state index contributed by atoms with van der Waals surface area (Å²) in [5.41, 5.74) is 0. The highest BCUT2D eigenvalue weighted by atomic mass is 16.5. The van der Waals surface area contributed by atoms with Crippen LogP contribution in [0.3, 0.4) is 0 Å². The minimum atomic E-state index is -0.265. The molecule has 0 radical (unpaired) electrons. The molecule has 0 bridgehead atoms. The van der Waals surface area contributed by atoms with Crippen LogP contribution in [-0.4, -0.2) is 25.2 Å². The number of carbonyl (C=O) groups excluding carboxylic acids is 2. The van der Waals surface area contributed by atoms with Crippen molar-refractivity contribution in [2.45, 2.75) is 220 Å². The second-order valence-corrected chi connectivity index (χ2v) is 13.8. The Bertz CT molecular complexity index is 552. The summed E-state index contributed by atoms with van der Waals surface area (Å²) < 4.78 is 11.1. The van der Waals surface area contributed by atoms with E-state index in [9.17, 15) is 9.59 Å². The summed E-state index contributed by atoms with van der Waals surface area (Å²) >= 11 is 0. The minimum Gasteiger partial charge on any atom is -0.465 e. The van der Waals surface area contributed by atoms with E-state index in [-0.39, 0.29) is 24.8 Å². The van der Waals surface area contributed by atoms with Crippen molar-refractivity contribution in [1.82, 2.24) is 0 Å². The van der Waals surface area contributed by atoms with Crippen molar-refractivity contribution in [1.29, 1.82) is 0 Å². The van der Waals surface area contributed by atoms with Crippen LogP contribution in [0, 0.1) is 11.8 Å². The molecule has 4 heteroatoms. The lowest BCUT2D eigenvalue weighted by molar-refractivity contribution is -0.151. The molecule has 0 aromatic carbocycles. The zero-order chi connectivity index (χ0) is 32.4. The van der Waals surface area contributed by atoms with Gasteiger partial charge in [-0.25, -0.2) is 0 Å². The Morgan fingerprint density at radius 2 is 0.636 bits per heavy atom. The van der Waals surface area contributed by atoms with Gasteiger partial charge < -0.3 is 9.47 Å². The van der Waals surface area contributed by atoms with Gasteiger partial charge in [0.15, 0.2) is 0 Å². The minimum absolute atomic E-state index is 0.128. The van der Waals surface area contributed by atoms with Gasteiger partial charge in [0.1, 0.15) is 0 Å². The summed E-state index contributed by atoms with van der Waals surface area (Å²) in [6, 6.07) is 0. The van der Waals surface area contributed by atoms with Gasteiger partial charge in [0.05, 0.1) is 26.1 Å². The van der Waals surface area contributed by atoms with Gasteiger partial charge in [-0.05, 0) is 24.7 Å². The number of esters is 2. The average Bonchev–Trinajstić information content (AvgIpc) is 3.03. The molecule has 0 aliphatic carbocycles. The highest BCUT2D eigenvalue weighted by molar-refractivity contribution is 5.77.